The van der Waals surface area contributed by atoms with E-state index in [1.807, 2.05) is 6.07 Å². The van der Waals surface area contributed by atoms with Crippen molar-refractivity contribution in [3.8, 4) is 6.07 Å². The third kappa shape index (κ3) is 2.64. The lowest BCUT2D eigenvalue weighted by Gasteiger charge is -1.97. The van der Waals surface area contributed by atoms with Crippen LogP contribution in [-0.4, -0.2) is 15.6 Å². The number of carboxylic acid groups (broad SMARTS) is 1. The number of aryl methyl sites for hydroxylation is 1. The van der Waals surface area contributed by atoms with E-state index >= 15 is 0 Å². The van der Waals surface area contributed by atoms with Crippen LogP contribution in [0.2, 0.25) is 0 Å². The second-order valence-corrected chi connectivity index (χ2v) is 2.70. The van der Waals surface area contributed by atoms with Crippen LogP contribution in [0.1, 0.15) is 23.2 Å². The van der Waals surface area contributed by atoms with E-state index in [1.54, 1.807) is 23.0 Å². The van der Waals surface area contributed by atoms with Gasteiger partial charge in [-0.1, -0.05) is 0 Å². The van der Waals surface area contributed by atoms with Gasteiger partial charge in [0.15, 0.2) is 0 Å². The molecule has 0 spiro atoms. The zero-order valence-corrected chi connectivity index (χ0v) is 7.10. The highest BCUT2D eigenvalue weighted by Gasteiger charge is 2.03. The summed E-state index contributed by atoms with van der Waals surface area (Å²) in [6, 6.07) is 3.59. The van der Waals surface area contributed by atoms with Gasteiger partial charge in [-0.2, -0.15) is 5.26 Å². The minimum absolute atomic E-state index is 0.289. The molecule has 1 N–H and O–H groups in total. The minimum atomic E-state index is -0.918. The van der Waals surface area contributed by atoms with E-state index < -0.39 is 5.97 Å². The van der Waals surface area contributed by atoms with Crippen molar-refractivity contribution >= 4 is 5.97 Å². The molecular weight excluding hydrogens is 168 g/mol. The van der Waals surface area contributed by atoms with Crippen LogP contribution in [0, 0.1) is 11.3 Å². The number of nitrogens with zero attached hydrogens (tertiary/aromatic N) is 2. The van der Waals surface area contributed by atoms with Crippen LogP contribution in [0.25, 0.3) is 0 Å². The SMILES string of the molecule is N#CCCCn1ccc(C(=O)O)c1. The summed E-state index contributed by atoms with van der Waals surface area (Å²) in [5.74, 6) is -0.918. The molecule has 1 heterocycles. The Morgan fingerprint density at radius 3 is 3.00 bits per heavy atom. The average molecular weight is 178 g/mol. The molecule has 68 valence electrons. The second-order valence-electron chi connectivity index (χ2n) is 2.70. The number of hydrogen-bond acceptors (Lipinski definition) is 2. The van der Waals surface area contributed by atoms with Gasteiger partial charge in [0, 0.05) is 25.4 Å². The molecule has 0 amide bonds. The quantitative estimate of drug-likeness (QED) is 0.710. The largest absolute Gasteiger partial charge is 0.478 e. The summed E-state index contributed by atoms with van der Waals surface area (Å²) in [6.45, 7) is 0.695. The van der Waals surface area contributed by atoms with Gasteiger partial charge in [0.05, 0.1) is 11.6 Å². The van der Waals surface area contributed by atoms with Crippen molar-refractivity contribution in [2.75, 3.05) is 0 Å². The molecule has 0 aliphatic rings. The zero-order valence-electron chi connectivity index (χ0n) is 7.10. The van der Waals surface area contributed by atoms with Crippen molar-refractivity contribution in [2.24, 2.45) is 0 Å². The molecule has 4 heteroatoms. The molecular formula is C9H10N2O2. The first kappa shape index (κ1) is 9.33. The van der Waals surface area contributed by atoms with Crippen molar-refractivity contribution in [3.05, 3.63) is 24.0 Å². The molecule has 13 heavy (non-hydrogen) atoms. The van der Waals surface area contributed by atoms with E-state index in [-0.39, 0.29) is 5.56 Å². The lowest BCUT2D eigenvalue weighted by molar-refractivity contribution is 0.0697. The predicted octanol–water partition coefficient (Wildman–Crippen LogP) is 1.49. The number of aromatic nitrogens is 1. The molecule has 0 atom stereocenters. The Morgan fingerprint density at radius 2 is 2.46 bits per heavy atom. The molecule has 0 saturated carbocycles. The molecule has 0 radical (unpaired) electrons. The third-order valence-electron chi connectivity index (χ3n) is 1.70. The van der Waals surface area contributed by atoms with E-state index in [0.29, 0.717) is 13.0 Å². The third-order valence-corrected chi connectivity index (χ3v) is 1.70. The summed E-state index contributed by atoms with van der Waals surface area (Å²) in [4.78, 5) is 10.5. The van der Waals surface area contributed by atoms with Gasteiger partial charge in [0.1, 0.15) is 0 Å². The lowest BCUT2D eigenvalue weighted by atomic mass is 10.3. The number of hydrogen-bond donors (Lipinski definition) is 1. The van der Waals surface area contributed by atoms with Gasteiger partial charge in [-0.25, -0.2) is 4.79 Å². The molecule has 0 saturated heterocycles. The van der Waals surface area contributed by atoms with Gasteiger partial charge in [-0.15, -0.1) is 0 Å². The van der Waals surface area contributed by atoms with Gasteiger partial charge in [-0.3, -0.25) is 0 Å². The van der Waals surface area contributed by atoms with Crippen LogP contribution < -0.4 is 0 Å². The molecule has 0 unspecified atom stereocenters. The number of carboxylic acids is 1. The summed E-state index contributed by atoms with van der Waals surface area (Å²) in [5.41, 5.74) is 0.289. The van der Waals surface area contributed by atoms with Crippen molar-refractivity contribution in [1.29, 1.82) is 5.26 Å². The summed E-state index contributed by atoms with van der Waals surface area (Å²) in [5, 5.41) is 16.9. The molecule has 0 aliphatic carbocycles. The first-order chi connectivity index (χ1) is 6.24. The van der Waals surface area contributed by atoms with E-state index in [2.05, 4.69) is 0 Å². The number of aromatic carboxylic acids is 1. The average Bonchev–Trinajstić information content (AvgIpc) is 2.53. The van der Waals surface area contributed by atoms with Crippen LogP contribution in [0.5, 0.6) is 0 Å². The Hall–Kier alpha value is -1.76. The summed E-state index contributed by atoms with van der Waals surface area (Å²) < 4.78 is 1.78. The van der Waals surface area contributed by atoms with Gasteiger partial charge in [-0.05, 0) is 12.5 Å². The summed E-state index contributed by atoms with van der Waals surface area (Å²) in [6.07, 6.45) is 4.53. The molecule has 4 nitrogen and oxygen atoms in total. The molecule has 1 rings (SSSR count). The van der Waals surface area contributed by atoms with E-state index in [1.165, 1.54) is 0 Å². The Bertz CT molecular complexity index is 336. The smallest absolute Gasteiger partial charge is 0.337 e. The maximum absolute atomic E-state index is 10.5. The molecule has 0 fully saturated rings. The maximum atomic E-state index is 10.5. The minimum Gasteiger partial charge on any atom is -0.478 e. The number of nitriles is 1. The van der Waals surface area contributed by atoms with Crippen LogP contribution in [-0.2, 0) is 6.54 Å². The van der Waals surface area contributed by atoms with Crippen molar-refractivity contribution in [2.45, 2.75) is 19.4 Å². The second kappa shape index (κ2) is 4.31. The van der Waals surface area contributed by atoms with E-state index in [0.717, 1.165) is 6.42 Å². The Kier molecular flexibility index (Phi) is 3.09. The highest BCUT2D eigenvalue weighted by atomic mass is 16.4. The Morgan fingerprint density at radius 1 is 1.69 bits per heavy atom. The molecule has 0 aromatic carbocycles. The zero-order chi connectivity index (χ0) is 9.68. The number of carbonyl (C=O) groups is 1. The van der Waals surface area contributed by atoms with Crippen molar-refractivity contribution in [1.82, 2.24) is 4.57 Å². The summed E-state index contributed by atoms with van der Waals surface area (Å²) in [7, 11) is 0. The van der Waals surface area contributed by atoms with Gasteiger partial charge >= 0.3 is 5.97 Å². The highest BCUT2D eigenvalue weighted by molar-refractivity contribution is 5.87. The van der Waals surface area contributed by atoms with Crippen LogP contribution >= 0.6 is 0 Å². The van der Waals surface area contributed by atoms with Crippen LogP contribution in [0.4, 0.5) is 0 Å². The highest BCUT2D eigenvalue weighted by Crippen LogP contribution is 2.02. The fourth-order valence-corrected chi connectivity index (χ4v) is 1.05. The lowest BCUT2D eigenvalue weighted by Crippen LogP contribution is -1.96. The Balaban J connectivity index is 2.50. The number of unbranched alkanes of at least 4 members (excludes halogenated alkanes) is 1. The number of rotatable bonds is 4. The molecule has 0 aliphatic heterocycles. The first-order valence-corrected chi connectivity index (χ1v) is 4.00. The maximum Gasteiger partial charge on any atom is 0.337 e. The topological polar surface area (TPSA) is 66.0 Å². The van der Waals surface area contributed by atoms with Crippen LogP contribution in [0.15, 0.2) is 18.5 Å². The van der Waals surface area contributed by atoms with Crippen LogP contribution in [0.3, 0.4) is 0 Å². The standard InChI is InChI=1S/C9H10N2O2/c10-4-1-2-5-11-6-3-8(7-11)9(12)13/h3,6-7H,1-2,5H2,(H,12,13). The normalized spacial score (nSPS) is 9.46. The molecule has 1 aromatic rings. The predicted molar refractivity (Wildman–Crippen MR) is 46.2 cm³/mol. The van der Waals surface area contributed by atoms with Crippen molar-refractivity contribution in [3.63, 3.8) is 0 Å². The first-order valence-electron chi connectivity index (χ1n) is 4.00. The fraction of sp³-hybridized carbons (Fsp3) is 0.333. The van der Waals surface area contributed by atoms with E-state index in [4.69, 9.17) is 10.4 Å². The Labute approximate surface area is 76.0 Å². The van der Waals surface area contributed by atoms with Gasteiger partial charge in [0.2, 0.25) is 0 Å². The molecule has 1 aromatic heterocycles. The fourth-order valence-electron chi connectivity index (χ4n) is 1.05. The van der Waals surface area contributed by atoms with Crippen molar-refractivity contribution < 1.29 is 9.90 Å². The molecule has 0 bridgehead atoms. The van der Waals surface area contributed by atoms with E-state index in [9.17, 15) is 4.79 Å². The summed E-state index contributed by atoms with van der Waals surface area (Å²) >= 11 is 0. The monoisotopic (exact) mass is 178 g/mol. The van der Waals surface area contributed by atoms with Gasteiger partial charge in [0.25, 0.3) is 0 Å². The van der Waals surface area contributed by atoms with Gasteiger partial charge < -0.3 is 9.67 Å².